The molecule has 2 atom stereocenters. The molecule has 154 valence electrons. The van der Waals surface area contributed by atoms with Crippen LogP contribution in [0.15, 0.2) is 36.4 Å². The van der Waals surface area contributed by atoms with Crippen molar-refractivity contribution in [3.05, 3.63) is 67.6 Å². The molecule has 2 aromatic rings. The second-order valence-corrected chi connectivity index (χ2v) is 8.35. The average Bonchev–Trinajstić information content (AvgIpc) is 2.69. The van der Waals surface area contributed by atoms with E-state index in [2.05, 4.69) is 5.32 Å². The van der Waals surface area contributed by atoms with Gasteiger partial charge < -0.3 is 15.2 Å². The van der Waals surface area contributed by atoms with Crippen molar-refractivity contribution in [2.45, 2.75) is 25.0 Å². The van der Waals surface area contributed by atoms with Gasteiger partial charge in [-0.1, -0.05) is 58.5 Å². The molecule has 28 heavy (non-hydrogen) atoms. The minimum Gasteiger partial charge on any atom is -0.392 e. The number of benzene rings is 2. The Bertz CT molecular complexity index is 753. The minimum atomic E-state index is -0.529. The van der Waals surface area contributed by atoms with Crippen molar-refractivity contribution in [1.82, 2.24) is 5.32 Å². The molecule has 0 aromatic heterocycles. The summed E-state index contributed by atoms with van der Waals surface area (Å²) in [6.45, 7) is 2.63. The standard InChI is InChI=1S/C11H13Cl2NO.C9H9Cl3O/c12-10-2-1-8(6-11(10)13)5-9-7-14-3-4-15-9;10-5-7(13)3-6-1-2-8(11)9(12)4-6/h1-2,6,9,14H,3-5,7H2;1-2,4,7,13H,3,5H2/t9-;7-/m11/s1. The highest BCUT2D eigenvalue weighted by Crippen LogP contribution is 2.24. The third-order valence-electron chi connectivity index (χ3n) is 4.09. The number of nitrogens with one attached hydrogen (secondary N) is 1. The first-order valence-corrected chi connectivity index (χ1v) is 10.9. The number of hydrogen-bond acceptors (Lipinski definition) is 3. The van der Waals surface area contributed by atoms with Crippen LogP contribution in [0.4, 0.5) is 0 Å². The molecule has 1 heterocycles. The van der Waals surface area contributed by atoms with Crippen molar-refractivity contribution in [3.8, 4) is 0 Å². The molecule has 1 fully saturated rings. The molecule has 2 N–H and O–H groups in total. The van der Waals surface area contributed by atoms with Gasteiger partial charge in [-0.15, -0.1) is 11.6 Å². The highest BCUT2D eigenvalue weighted by molar-refractivity contribution is 6.42. The zero-order valence-electron chi connectivity index (χ0n) is 15.1. The fourth-order valence-electron chi connectivity index (χ4n) is 2.67. The molecule has 0 radical (unpaired) electrons. The number of aliphatic hydroxyl groups is 1. The lowest BCUT2D eigenvalue weighted by atomic mass is 10.1. The van der Waals surface area contributed by atoms with Gasteiger partial charge in [0.2, 0.25) is 0 Å². The maximum atomic E-state index is 9.26. The Labute approximate surface area is 190 Å². The van der Waals surface area contributed by atoms with Crippen LogP contribution in [0, 0.1) is 0 Å². The van der Waals surface area contributed by atoms with E-state index in [9.17, 15) is 5.11 Å². The Morgan fingerprint density at radius 3 is 2.11 bits per heavy atom. The van der Waals surface area contributed by atoms with E-state index >= 15 is 0 Å². The van der Waals surface area contributed by atoms with Crippen LogP contribution in [-0.4, -0.2) is 42.9 Å². The predicted molar refractivity (Wildman–Crippen MR) is 120 cm³/mol. The van der Waals surface area contributed by atoms with E-state index in [1.54, 1.807) is 12.1 Å². The largest absolute Gasteiger partial charge is 0.392 e. The Balaban J connectivity index is 0.000000203. The molecule has 8 heteroatoms. The number of alkyl halides is 1. The van der Waals surface area contributed by atoms with Crippen LogP contribution in [0.5, 0.6) is 0 Å². The van der Waals surface area contributed by atoms with E-state index in [1.165, 1.54) is 0 Å². The molecule has 1 aliphatic heterocycles. The molecule has 3 nitrogen and oxygen atoms in total. The van der Waals surface area contributed by atoms with E-state index in [0.717, 1.165) is 37.2 Å². The SMILES string of the molecule is Clc1ccc(C[C@@H]2CNCCO2)cc1Cl.O[C@@H](CCl)Cc1ccc(Cl)c(Cl)c1. The normalized spacial score (nSPS) is 17.6. The molecule has 0 spiro atoms. The van der Waals surface area contributed by atoms with Crippen molar-refractivity contribution >= 4 is 58.0 Å². The van der Waals surface area contributed by atoms with Crippen molar-refractivity contribution in [2.24, 2.45) is 0 Å². The van der Waals surface area contributed by atoms with Crippen LogP contribution in [0.3, 0.4) is 0 Å². The molecule has 0 unspecified atom stereocenters. The summed E-state index contributed by atoms with van der Waals surface area (Å²) in [4.78, 5) is 0. The second kappa shape index (κ2) is 12.5. The molecular weight excluding hydrogens is 463 g/mol. The minimum absolute atomic E-state index is 0.222. The van der Waals surface area contributed by atoms with E-state index in [-0.39, 0.29) is 12.0 Å². The van der Waals surface area contributed by atoms with E-state index in [1.807, 2.05) is 24.3 Å². The fourth-order valence-corrected chi connectivity index (χ4v) is 3.42. The zero-order chi connectivity index (χ0) is 20.5. The predicted octanol–water partition coefficient (Wildman–Crippen LogP) is 5.66. The van der Waals surface area contributed by atoms with Gasteiger partial charge in [0.05, 0.1) is 38.9 Å². The number of aliphatic hydroxyl groups excluding tert-OH is 1. The molecule has 3 rings (SSSR count). The Kier molecular flexibility index (Phi) is 10.7. The van der Waals surface area contributed by atoms with Crippen LogP contribution < -0.4 is 5.32 Å². The van der Waals surface area contributed by atoms with Crippen molar-refractivity contribution in [1.29, 1.82) is 0 Å². The van der Waals surface area contributed by atoms with E-state index in [4.69, 9.17) is 62.7 Å². The Hall–Kier alpha value is -0.230. The summed E-state index contributed by atoms with van der Waals surface area (Å²) in [6, 6.07) is 11.0. The van der Waals surface area contributed by atoms with Crippen LogP contribution >= 0.6 is 58.0 Å². The number of morpholine rings is 1. The molecule has 1 saturated heterocycles. The number of hydrogen-bond donors (Lipinski definition) is 2. The smallest absolute Gasteiger partial charge is 0.0740 e. The topological polar surface area (TPSA) is 41.5 Å². The maximum absolute atomic E-state index is 9.26. The molecule has 0 bridgehead atoms. The molecule has 1 aliphatic rings. The van der Waals surface area contributed by atoms with Gasteiger partial charge in [-0.3, -0.25) is 0 Å². The van der Waals surface area contributed by atoms with Crippen LogP contribution in [0.2, 0.25) is 20.1 Å². The van der Waals surface area contributed by atoms with Crippen LogP contribution in [0.1, 0.15) is 11.1 Å². The third kappa shape index (κ3) is 8.25. The van der Waals surface area contributed by atoms with Gasteiger partial charge in [0, 0.05) is 19.0 Å². The zero-order valence-corrected chi connectivity index (χ0v) is 18.9. The summed E-state index contributed by atoms with van der Waals surface area (Å²) >= 11 is 28.8. The van der Waals surface area contributed by atoms with Crippen molar-refractivity contribution < 1.29 is 9.84 Å². The molecule has 0 saturated carbocycles. The molecule has 0 amide bonds. The number of rotatable bonds is 5. The van der Waals surface area contributed by atoms with E-state index in [0.29, 0.717) is 26.5 Å². The monoisotopic (exact) mass is 483 g/mol. The van der Waals surface area contributed by atoms with Gasteiger partial charge in [-0.2, -0.15) is 0 Å². The Morgan fingerprint density at radius 1 is 0.964 bits per heavy atom. The van der Waals surface area contributed by atoms with Crippen molar-refractivity contribution in [2.75, 3.05) is 25.6 Å². The van der Waals surface area contributed by atoms with Crippen molar-refractivity contribution in [3.63, 3.8) is 0 Å². The summed E-state index contributed by atoms with van der Waals surface area (Å²) in [5.74, 6) is 0.222. The van der Waals surface area contributed by atoms with Crippen LogP contribution in [-0.2, 0) is 17.6 Å². The van der Waals surface area contributed by atoms with E-state index < -0.39 is 6.10 Å². The molecule has 0 aliphatic carbocycles. The van der Waals surface area contributed by atoms with Gasteiger partial charge in [0.25, 0.3) is 0 Å². The highest BCUT2D eigenvalue weighted by Gasteiger charge is 2.14. The van der Waals surface area contributed by atoms with Gasteiger partial charge in [-0.05, 0) is 48.2 Å². The summed E-state index contributed by atoms with van der Waals surface area (Å²) < 4.78 is 5.61. The number of halogens is 5. The first kappa shape index (κ1) is 24.0. The molecule has 2 aromatic carbocycles. The van der Waals surface area contributed by atoms with Gasteiger partial charge >= 0.3 is 0 Å². The second-order valence-electron chi connectivity index (χ2n) is 6.41. The fraction of sp³-hybridized carbons (Fsp3) is 0.400. The van der Waals surface area contributed by atoms with Gasteiger partial charge in [0.15, 0.2) is 0 Å². The first-order chi connectivity index (χ1) is 13.4. The third-order valence-corrected chi connectivity index (χ3v) is 5.92. The summed E-state index contributed by atoms with van der Waals surface area (Å²) in [6.07, 6.45) is 1.10. The summed E-state index contributed by atoms with van der Waals surface area (Å²) in [5.41, 5.74) is 2.10. The lowest BCUT2D eigenvalue weighted by Crippen LogP contribution is -2.39. The molecular formula is C20H22Cl5NO2. The lowest BCUT2D eigenvalue weighted by Gasteiger charge is -2.23. The summed E-state index contributed by atoms with van der Waals surface area (Å²) in [5, 5.41) is 14.8. The number of ether oxygens (including phenoxy) is 1. The van der Waals surface area contributed by atoms with Crippen LogP contribution in [0.25, 0.3) is 0 Å². The average molecular weight is 486 g/mol. The van der Waals surface area contributed by atoms with Gasteiger partial charge in [-0.25, -0.2) is 0 Å². The summed E-state index contributed by atoms with van der Waals surface area (Å²) in [7, 11) is 0. The lowest BCUT2D eigenvalue weighted by molar-refractivity contribution is 0.0292. The van der Waals surface area contributed by atoms with Gasteiger partial charge in [0.1, 0.15) is 0 Å². The Morgan fingerprint density at radius 2 is 1.57 bits per heavy atom. The highest BCUT2D eigenvalue weighted by atomic mass is 35.5. The maximum Gasteiger partial charge on any atom is 0.0740 e. The first-order valence-electron chi connectivity index (χ1n) is 8.83. The quantitative estimate of drug-likeness (QED) is 0.537.